The van der Waals surface area contributed by atoms with Crippen LogP contribution in [0.25, 0.3) is 0 Å². The van der Waals surface area contributed by atoms with Crippen molar-refractivity contribution in [2.75, 3.05) is 11.9 Å². The van der Waals surface area contributed by atoms with Gasteiger partial charge in [-0.05, 0) is 43.5 Å². The Balaban J connectivity index is 2.17. The average molecular weight is 259 g/mol. The number of benzene rings is 1. The van der Waals surface area contributed by atoms with E-state index in [0.29, 0.717) is 18.1 Å². The SMILES string of the molecule is Cc1ccc(CN(C)c2ncc(C)c(C)n2)cc1F. The highest BCUT2D eigenvalue weighted by Crippen LogP contribution is 2.14. The highest BCUT2D eigenvalue weighted by Gasteiger charge is 2.08. The van der Waals surface area contributed by atoms with Crippen molar-refractivity contribution in [1.29, 1.82) is 0 Å². The van der Waals surface area contributed by atoms with E-state index >= 15 is 0 Å². The molecule has 0 aliphatic rings. The zero-order chi connectivity index (χ0) is 14.0. The molecule has 0 fully saturated rings. The minimum atomic E-state index is -0.174. The normalized spacial score (nSPS) is 10.6. The monoisotopic (exact) mass is 259 g/mol. The standard InChI is InChI=1S/C15H18FN3/c1-10-5-6-13(7-14(10)16)9-19(4)15-17-8-11(2)12(3)18-15/h5-8H,9H2,1-4H3. The average Bonchev–Trinajstić information content (AvgIpc) is 2.37. The summed E-state index contributed by atoms with van der Waals surface area (Å²) in [7, 11) is 1.90. The van der Waals surface area contributed by atoms with E-state index in [9.17, 15) is 4.39 Å². The van der Waals surface area contributed by atoms with Gasteiger partial charge in [0.05, 0.1) is 0 Å². The summed E-state index contributed by atoms with van der Waals surface area (Å²) in [6, 6.07) is 5.28. The van der Waals surface area contributed by atoms with Crippen LogP contribution in [0.15, 0.2) is 24.4 Å². The third-order valence-corrected chi connectivity index (χ3v) is 3.21. The third kappa shape index (κ3) is 3.08. The number of halogens is 1. The molecule has 0 aliphatic carbocycles. The van der Waals surface area contributed by atoms with Gasteiger partial charge in [-0.3, -0.25) is 0 Å². The van der Waals surface area contributed by atoms with E-state index in [-0.39, 0.29) is 5.82 Å². The molecule has 0 saturated heterocycles. The molecule has 1 aromatic carbocycles. The van der Waals surface area contributed by atoms with Crippen molar-refractivity contribution in [3.05, 3.63) is 52.6 Å². The smallest absolute Gasteiger partial charge is 0.225 e. The van der Waals surface area contributed by atoms with Crippen LogP contribution in [-0.2, 0) is 6.54 Å². The Kier molecular flexibility index (Phi) is 3.79. The quantitative estimate of drug-likeness (QED) is 0.847. The summed E-state index contributed by atoms with van der Waals surface area (Å²) in [4.78, 5) is 10.6. The number of rotatable bonds is 3. The fraction of sp³-hybridized carbons (Fsp3) is 0.333. The van der Waals surface area contributed by atoms with E-state index in [1.165, 1.54) is 0 Å². The molecule has 0 N–H and O–H groups in total. The fourth-order valence-electron chi connectivity index (χ4n) is 1.78. The molecule has 0 aliphatic heterocycles. The number of hydrogen-bond acceptors (Lipinski definition) is 3. The molecule has 1 heterocycles. The van der Waals surface area contributed by atoms with Gasteiger partial charge in [0, 0.05) is 25.5 Å². The topological polar surface area (TPSA) is 29.0 Å². The molecule has 0 radical (unpaired) electrons. The first kappa shape index (κ1) is 13.5. The minimum Gasteiger partial charge on any atom is -0.340 e. The van der Waals surface area contributed by atoms with Crippen molar-refractivity contribution in [3.63, 3.8) is 0 Å². The van der Waals surface area contributed by atoms with Crippen molar-refractivity contribution >= 4 is 5.95 Å². The molecule has 0 unspecified atom stereocenters. The number of nitrogens with zero attached hydrogens (tertiary/aromatic N) is 3. The Labute approximate surface area is 113 Å². The Hall–Kier alpha value is -1.97. The lowest BCUT2D eigenvalue weighted by atomic mass is 10.1. The van der Waals surface area contributed by atoms with Gasteiger partial charge in [-0.2, -0.15) is 0 Å². The van der Waals surface area contributed by atoms with Gasteiger partial charge in [0.25, 0.3) is 0 Å². The molecule has 0 amide bonds. The lowest BCUT2D eigenvalue weighted by molar-refractivity contribution is 0.615. The molecule has 2 rings (SSSR count). The van der Waals surface area contributed by atoms with Crippen molar-refractivity contribution in [2.45, 2.75) is 27.3 Å². The van der Waals surface area contributed by atoms with Crippen LogP contribution in [0, 0.1) is 26.6 Å². The van der Waals surface area contributed by atoms with E-state index in [4.69, 9.17) is 0 Å². The molecule has 1 aromatic heterocycles. The van der Waals surface area contributed by atoms with Gasteiger partial charge in [0.1, 0.15) is 5.82 Å². The van der Waals surface area contributed by atoms with Crippen LogP contribution in [0.3, 0.4) is 0 Å². The largest absolute Gasteiger partial charge is 0.340 e. The van der Waals surface area contributed by atoms with Crippen LogP contribution >= 0.6 is 0 Å². The number of aryl methyl sites for hydroxylation is 3. The molecule has 19 heavy (non-hydrogen) atoms. The first-order valence-electron chi connectivity index (χ1n) is 6.24. The summed E-state index contributed by atoms with van der Waals surface area (Å²) >= 11 is 0. The zero-order valence-corrected chi connectivity index (χ0v) is 11.7. The molecular formula is C15H18FN3. The highest BCUT2D eigenvalue weighted by atomic mass is 19.1. The van der Waals surface area contributed by atoms with Gasteiger partial charge in [-0.1, -0.05) is 12.1 Å². The van der Waals surface area contributed by atoms with E-state index < -0.39 is 0 Å². The Morgan fingerprint density at radius 3 is 2.53 bits per heavy atom. The number of hydrogen-bond donors (Lipinski definition) is 0. The summed E-state index contributed by atoms with van der Waals surface area (Å²) < 4.78 is 13.5. The maximum absolute atomic E-state index is 13.5. The van der Waals surface area contributed by atoms with Gasteiger partial charge in [0.2, 0.25) is 5.95 Å². The van der Waals surface area contributed by atoms with Crippen molar-refractivity contribution < 1.29 is 4.39 Å². The summed E-state index contributed by atoms with van der Waals surface area (Å²) in [5.41, 5.74) is 3.60. The maximum Gasteiger partial charge on any atom is 0.225 e. The summed E-state index contributed by atoms with van der Waals surface area (Å²) in [5, 5.41) is 0. The lowest BCUT2D eigenvalue weighted by Crippen LogP contribution is -2.19. The van der Waals surface area contributed by atoms with Gasteiger partial charge in [0.15, 0.2) is 0 Å². The fourth-order valence-corrected chi connectivity index (χ4v) is 1.78. The second-order valence-electron chi connectivity index (χ2n) is 4.88. The van der Waals surface area contributed by atoms with Crippen LogP contribution in [0.4, 0.5) is 10.3 Å². The van der Waals surface area contributed by atoms with Crippen LogP contribution < -0.4 is 4.90 Å². The summed E-state index contributed by atoms with van der Waals surface area (Å²) in [6.45, 7) is 6.28. The number of anilines is 1. The highest BCUT2D eigenvalue weighted by molar-refractivity contribution is 5.34. The van der Waals surface area contributed by atoms with Crippen molar-refractivity contribution in [3.8, 4) is 0 Å². The lowest BCUT2D eigenvalue weighted by Gasteiger charge is -2.18. The Morgan fingerprint density at radius 1 is 1.16 bits per heavy atom. The van der Waals surface area contributed by atoms with Crippen LogP contribution in [-0.4, -0.2) is 17.0 Å². The first-order chi connectivity index (χ1) is 8.97. The second-order valence-corrected chi connectivity index (χ2v) is 4.88. The first-order valence-corrected chi connectivity index (χ1v) is 6.24. The molecule has 0 bridgehead atoms. The molecule has 4 heteroatoms. The van der Waals surface area contributed by atoms with Gasteiger partial charge >= 0.3 is 0 Å². The Bertz CT molecular complexity index is 596. The molecule has 0 saturated carbocycles. The van der Waals surface area contributed by atoms with Crippen molar-refractivity contribution in [2.24, 2.45) is 0 Å². The molecule has 3 nitrogen and oxygen atoms in total. The molecule has 0 atom stereocenters. The molecule has 0 spiro atoms. The molecule has 2 aromatic rings. The number of aromatic nitrogens is 2. The molecule has 100 valence electrons. The van der Waals surface area contributed by atoms with Gasteiger partial charge in [-0.25, -0.2) is 14.4 Å². The van der Waals surface area contributed by atoms with E-state index in [2.05, 4.69) is 9.97 Å². The Morgan fingerprint density at radius 2 is 1.89 bits per heavy atom. The van der Waals surface area contributed by atoms with Crippen LogP contribution in [0.2, 0.25) is 0 Å². The molecular weight excluding hydrogens is 241 g/mol. The van der Waals surface area contributed by atoms with Crippen molar-refractivity contribution in [1.82, 2.24) is 9.97 Å². The summed E-state index contributed by atoms with van der Waals surface area (Å²) in [6.07, 6.45) is 1.81. The van der Waals surface area contributed by atoms with E-state index in [1.54, 1.807) is 19.1 Å². The third-order valence-electron chi connectivity index (χ3n) is 3.21. The van der Waals surface area contributed by atoms with E-state index in [0.717, 1.165) is 16.8 Å². The van der Waals surface area contributed by atoms with E-state index in [1.807, 2.05) is 38.1 Å². The van der Waals surface area contributed by atoms with Gasteiger partial charge < -0.3 is 4.90 Å². The predicted molar refractivity (Wildman–Crippen MR) is 74.8 cm³/mol. The summed E-state index contributed by atoms with van der Waals surface area (Å²) in [5.74, 6) is 0.482. The van der Waals surface area contributed by atoms with Crippen LogP contribution in [0.1, 0.15) is 22.4 Å². The zero-order valence-electron chi connectivity index (χ0n) is 11.7. The minimum absolute atomic E-state index is 0.174. The van der Waals surface area contributed by atoms with Gasteiger partial charge in [-0.15, -0.1) is 0 Å². The predicted octanol–water partition coefficient (Wildman–Crippen LogP) is 3.18. The van der Waals surface area contributed by atoms with Crippen LogP contribution in [0.5, 0.6) is 0 Å². The second kappa shape index (κ2) is 5.34. The maximum atomic E-state index is 13.5.